The van der Waals surface area contributed by atoms with Crippen LogP contribution in [-0.4, -0.2) is 11.1 Å². The third kappa shape index (κ3) is 6.74. The number of carbonyl (C=O) groups is 1. The van der Waals surface area contributed by atoms with Crippen LogP contribution in [0.1, 0.15) is 72.8 Å². The first kappa shape index (κ1) is 29.3. The van der Waals surface area contributed by atoms with E-state index in [4.69, 9.17) is 9.84 Å². The number of aryl methyl sites for hydroxylation is 1. The number of carboxylic acid groups (broad SMARTS) is 1. The van der Waals surface area contributed by atoms with Crippen LogP contribution in [0, 0.1) is 17.8 Å². The molecule has 0 radical (unpaired) electrons. The van der Waals surface area contributed by atoms with Crippen LogP contribution >= 0.6 is 0 Å². The number of allylic oxidation sites excluding steroid dienone is 3. The minimum Gasteiger partial charge on any atom is -0.489 e. The summed E-state index contributed by atoms with van der Waals surface area (Å²) in [6, 6.07) is 21.8. The maximum atomic E-state index is 13.4. The van der Waals surface area contributed by atoms with Gasteiger partial charge in [0.05, 0.1) is 5.56 Å². The highest BCUT2D eigenvalue weighted by Gasteiger charge is 2.52. The number of hydrogen-bond donors (Lipinski definition) is 1. The lowest BCUT2D eigenvalue weighted by Crippen LogP contribution is -2.48. The quantitative estimate of drug-likeness (QED) is 0.190. The van der Waals surface area contributed by atoms with E-state index < -0.39 is 17.7 Å². The highest BCUT2D eigenvalue weighted by molar-refractivity contribution is 5.85. The van der Waals surface area contributed by atoms with Crippen molar-refractivity contribution >= 4 is 11.5 Å². The van der Waals surface area contributed by atoms with Crippen molar-refractivity contribution in [2.75, 3.05) is 0 Å². The summed E-state index contributed by atoms with van der Waals surface area (Å²) in [5.41, 5.74) is 3.71. The number of rotatable bonds is 10. The van der Waals surface area contributed by atoms with Crippen LogP contribution in [0.2, 0.25) is 0 Å². The van der Waals surface area contributed by atoms with Crippen molar-refractivity contribution in [3.05, 3.63) is 119 Å². The molecule has 0 spiro atoms. The van der Waals surface area contributed by atoms with Crippen molar-refractivity contribution in [2.24, 2.45) is 17.8 Å². The number of benzene rings is 3. The summed E-state index contributed by atoms with van der Waals surface area (Å²) < 4.78 is 46.6. The molecule has 4 aliphatic rings. The monoisotopic (exact) mass is 586 g/mol. The van der Waals surface area contributed by atoms with Gasteiger partial charge in [-0.3, -0.25) is 0 Å². The SMILES string of the molecule is O=C(O)/C=C\C(=C\CCc1ccc(C23CC4CC(CC(C4)C2)C3)c(OCc2ccccc2)c1)c1cccc(C(F)(F)F)c1. The van der Waals surface area contributed by atoms with Gasteiger partial charge in [0, 0.05) is 11.6 Å². The van der Waals surface area contributed by atoms with Crippen molar-refractivity contribution in [2.45, 2.75) is 69.6 Å². The van der Waals surface area contributed by atoms with Gasteiger partial charge in [0.1, 0.15) is 12.4 Å². The summed E-state index contributed by atoms with van der Waals surface area (Å²) in [5, 5.41) is 9.17. The normalized spacial score (nSPS) is 24.9. The van der Waals surface area contributed by atoms with Crippen LogP contribution in [0.15, 0.2) is 91.0 Å². The fourth-order valence-corrected chi connectivity index (χ4v) is 8.17. The molecule has 0 amide bonds. The second-order valence-electron chi connectivity index (χ2n) is 12.8. The van der Waals surface area contributed by atoms with Crippen molar-refractivity contribution < 1.29 is 27.8 Å². The van der Waals surface area contributed by atoms with E-state index in [1.807, 2.05) is 24.3 Å². The molecule has 0 atom stereocenters. The second kappa shape index (κ2) is 12.1. The lowest BCUT2D eigenvalue weighted by atomic mass is 9.48. The Morgan fingerprint density at radius 1 is 0.860 bits per heavy atom. The van der Waals surface area contributed by atoms with E-state index in [0.717, 1.165) is 52.8 Å². The molecule has 0 saturated heterocycles. The van der Waals surface area contributed by atoms with Crippen LogP contribution in [0.25, 0.3) is 5.57 Å². The second-order valence-corrected chi connectivity index (χ2v) is 12.8. The molecule has 224 valence electrons. The van der Waals surface area contributed by atoms with E-state index in [9.17, 15) is 18.0 Å². The summed E-state index contributed by atoms with van der Waals surface area (Å²) in [7, 11) is 0. The van der Waals surface area contributed by atoms with Gasteiger partial charge in [-0.05, 0) is 121 Å². The Bertz CT molecular complexity index is 1480. The van der Waals surface area contributed by atoms with E-state index >= 15 is 0 Å². The molecule has 0 aliphatic heterocycles. The molecule has 0 heterocycles. The Morgan fingerprint density at radius 2 is 1.56 bits per heavy atom. The lowest BCUT2D eigenvalue weighted by Gasteiger charge is -2.57. The van der Waals surface area contributed by atoms with Gasteiger partial charge >= 0.3 is 12.1 Å². The largest absolute Gasteiger partial charge is 0.489 e. The number of carboxylic acids is 1. The first-order valence-corrected chi connectivity index (χ1v) is 15.3. The standard InChI is InChI=1S/C37H37F3O3/c38-37(39,40)32-11-5-10-31(20-32)30(13-15-35(41)42)9-4-8-25-12-14-33(34(19-25)43-24-26-6-2-1-3-7-26)36-21-27-16-28(22-36)18-29(17-27)23-36/h1-3,5-7,9-15,19-20,27-29H,4,8,16-18,21-24H2,(H,41,42)/b15-13-,30-9-. The number of halogens is 3. The minimum absolute atomic E-state index is 0.178. The molecule has 0 aromatic heterocycles. The summed E-state index contributed by atoms with van der Waals surface area (Å²) in [6.07, 6.45) is 8.65. The van der Waals surface area contributed by atoms with Gasteiger partial charge in [0.15, 0.2) is 0 Å². The predicted octanol–water partition coefficient (Wildman–Crippen LogP) is 9.41. The van der Waals surface area contributed by atoms with Crippen molar-refractivity contribution in [3.8, 4) is 5.75 Å². The third-order valence-electron chi connectivity index (χ3n) is 9.62. The number of hydrogen-bond acceptors (Lipinski definition) is 2. The first-order valence-electron chi connectivity index (χ1n) is 15.3. The first-order chi connectivity index (χ1) is 20.7. The number of alkyl halides is 3. The van der Waals surface area contributed by atoms with Crippen LogP contribution in [0.5, 0.6) is 5.75 Å². The van der Waals surface area contributed by atoms with E-state index in [2.05, 4.69) is 30.3 Å². The summed E-state index contributed by atoms with van der Waals surface area (Å²) in [5.74, 6) is 2.22. The fourth-order valence-electron chi connectivity index (χ4n) is 8.17. The Labute approximate surface area is 251 Å². The minimum atomic E-state index is -4.48. The van der Waals surface area contributed by atoms with E-state index in [1.54, 1.807) is 6.07 Å². The molecule has 0 unspecified atom stereocenters. The molecule has 4 fully saturated rings. The molecule has 3 nitrogen and oxygen atoms in total. The molecule has 7 rings (SSSR count). The van der Waals surface area contributed by atoms with Crippen LogP contribution in [0.3, 0.4) is 0 Å². The zero-order valence-corrected chi connectivity index (χ0v) is 24.2. The smallest absolute Gasteiger partial charge is 0.416 e. The van der Waals surface area contributed by atoms with E-state index in [1.165, 1.54) is 56.2 Å². The Morgan fingerprint density at radius 3 is 2.21 bits per heavy atom. The topological polar surface area (TPSA) is 46.5 Å². The highest BCUT2D eigenvalue weighted by Crippen LogP contribution is 2.62. The third-order valence-corrected chi connectivity index (χ3v) is 9.62. The van der Waals surface area contributed by atoms with Gasteiger partial charge < -0.3 is 9.84 Å². The Balaban J connectivity index is 1.26. The summed E-state index contributed by atoms with van der Waals surface area (Å²) in [4.78, 5) is 11.2. The van der Waals surface area contributed by atoms with Gasteiger partial charge in [-0.15, -0.1) is 0 Å². The molecule has 6 heteroatoms. The van der Waals surface area contributed by atoms with E-state index in [0.29, 0.717) is 30.6 Å². The maximum Gasteiger partial charge on any atom is 0.416 e. The van der Waals surface area contributed by atoms with Gasteiger partial charge in [0.25, 0.3) is 0 Å². The summed E-state index contributed by atoms with van der Waals surface area (Å²) >= 11 is 0. The van der Waals surface area contributed by atoms with Crippen LogP contribution in [0.4, 0.5) is 13.2 Å². The lowest BCUT2D eigenvalue weighted by molar-refractivity contribution is -0.137. The Kier molecular flexibility index (Phi) is 8.21. The van der Waals surface area contributed by atoms with Crippen LogP contribution in [-0.2, 0) is 29.4 Å². The van der Waals surface area contributed by atoms with E-state index in [-0.39, 0.29) is 5.41 Å². The van der Waals surface area contributed by atoms with Gasteiger partial charge in [-0.1, -0.05) is 60.7 Å². The van der Waals surface area contributed by atoms with Gasteiger partial charge in [-0.25, -0.2) is 4.79 Å². The van der Waals surface area contributed by atoms with Gasteiger partial charge in [0.2, 0.25) is 0 Å². The molecular weight excluding hydrogens is 549 g/mol. The zero-order chi connectivity index (χ0) is 30.0. The number of aliphatic carboxylic acids is 1. The number of ether oxygens (including phenoxy) is 1. The Hall–Kier alpha value is -3.80. The summed E-state index contributed by atoms with van der Waals surface area (Å²) in [6.45, 7) is 0.489. The highest BCUT2D eigenvalue weighted by atomic mass is 19.4. The molecule has 43 heavy (non-hydrogen) atoms. The van der Waals surface area contributed by atoms with Crippen LogP contribution < -0.4 is 4.74 Å². The molecule has 1 N–H and O–H groups in total. The molecule has 4 aliphatic carbocycles. The van der Waals surface area contributed by atoms with Crippen molar-refractivity contribution in [1.29, 1.82) is 0 Å². The molecule has 4 saturated carbocycles. The molecule has 3 aromatic carbocycles. The molecule has 4 bridgehead atoms. The molecular formula is C37H37F3O3. The fraction of sp³-hybridized carbons (Fsp3) is 0.378. The molecule has 3 aromatic rings. The average Bonchev–Trinajstić information content (AvgIpc) is 2.97. The van der Waals surface area contributed by atoms with Gasteiger partial charge in [-0.2, -0.15) is 13.2 Å². The zero-order valence-electron chi connectivity index (χ0n) is 24.2. The predicted molar refractivity (Wildman–Crippen MR) is 162 cm³/mol. The average molecular weight is 587 g/mol. The maximum absolute atomic E-state index is 13.4. The van der Waals surface area contributed by atoms with Crippen molar-refractivity contribution in [1.82, 2.24) is 0 Å². The van der Waals surface area contributed by atoms with Crippen molar-refractivity contribution in [3.63, 3.8) is 0 Å².